The van der Waals surface area contributed by atoms with Crippen LogP contribution in [0.25, 0.3) is 0 Å². The van der Waals surface area contributed by atoms with Crippen molar-refractivity contribution < 1.29 is 9.47 Å². The average Bonchev–Trinajstić information content (AvgIpc) is 2.45. The fourth-order valence-electron chi connectivity index (χ4n) is 2.11. The highest BCUT2D eigenvalue weighted by Gasteiger charge is 2.10. The molecule has 0 saturated heterocycles. The van der Waals surface area contributed by atoms with Gasteiger partial charge in [-0.1, -0.05) is 22.0 Å². The molecule has 0 saturated carbocycles. The summed E-state index contributed by atoms with van der Waals surface area (Å²) < 4.78 is 12.8. The third-order valence-electron chi connectivity index (χ3n) is 3.12. The first-order chi connectivity index (χ1) is 10.0. The minimum atomic E-state index is 0.640. The third-order valence-corrected chi connectivity index (χ3v) is 4.16. The zero-order chi connectivity index (χ0) is 15.4. The minimum Gasteiger partial charge on any atom is -0.495 e. The Kier molecular flexibility index (Phi) is 5.53. The highest BCUT2D eigenvalue weighted by atomic mass is 79.9. The molecule has 112 valence electrons. The van der Waals surface area contributed by atoms with Gasteiger partial charge in [0.05, 0.1) is 24.4 Å². The lowest BCUT2D eigenvalue weighted by Crippen LogP contribution is -2.04. The van der Waals surface area contributed by atoms with E-state index in [0.717, 1.165) is 31.7 Å². The van der Waals surface area contributed by atoms with Crippen molar-refractivity contribution in [1.29, 1.82) is 0 Å². The molecule has 1 N–H and O–H groups in total. The molecule has 0 bridgehead atoms. The molecule has 2 aromatic rings. The van der Waals surface area contributed by atoms with E-state index in [0.29, 0.717) is 6.54 Å². The van der Waals surface area contributed by atoms with Gasteiger partial charge < -0.3 is 14.8 Å². The maximum absolute atomic E-state index is 5.46. The van der Waals surface area contributed by atoms with Gasteiger partial charge >= 0.3 is 0 Å². The molecule has 0 aromatic heterocycles. The first-order valence-corrected chi connectivity index (χ1v) is 8.04. The Morgan fingerprint density at radius 2 is 1.81 bits per heavy atom. The standard InChI is InChI=1S/C16H17Br2NO2/c1-10-4-5-14(15(6-10)20-2)19-9-11-7-12(17)8-13(18)16(11)21-3/h4-8,19H,9H2,1-3H3. The van der Waals surface area contributed by atoms with Gasteiger partial charge in [0.15, 0.2) is 0 Å². The topological polar surface area (TPSA) is 30.5 Å². The Bertz CT molecular complexity index is 644. The van der Waals surface area contributed by atoms with Crippen molar-refractivity contribution >= 4 is 37.5 Å². The van der Waals surface area contributed by atoms with Gasteiger partial charge in [0, 0.05) is 16.6 Å². The van der Waals surface area contributed by atoms with Crippen LogP contribution in [0.2, 0.25) is 0 Å². The normalized spacial score (nSPS) is 10.3. The van der Waals surface area contributed by atoms with E-state index in [1.807, 2.05) is 31.2 Å². The molecule has 0 radical (unpaired) electrons. The second-order valence-electron chi connectivity index (χ2n) is 4.64. The molecule has 2 rings (SSSR count). The van der Waals surface area contributed by atoms with Gasteiger partial charge in [-0.3, -0.25) is 0 Å². The van der Waals surface area contributed by atoms with E-state index >= 15 is 0 Å². The van der Waals surface area contributed by atoms with Crippen LogP contribution in [-0.4, -0.2) is 14.2 Å². The van der Waals surface area contributed by atoms with Crippen molar-refractivity contribution in [3.63, 3.8) is 0 Å². The number of methoxy groups -OCH3 is 2. The van der Waals surface area contributed by atoms with E-state index in [-0.39, 0.29) is 0 Å². The Balaban J connectivity index is 2.24. The number of halogens is 2. The molecule has 3 nitrogen and oxygen atoms in total. The SMILES string of the molecule is COc1cc(C)ccc1NCc1cc(Br)cc(Br)c1OC. The molecule has 5 heteroatoms. The molecule has 0 amide bonds. The third kappa shape index (κ3) is 3.92. The molecule has 2 aromatic carbocycles. The van der Waals surface area contributed by atoms with Gasteiger partial charge in [-0.2, -0.15) is 0 Å². The average molecular weight is 415 g/mol. The van der Waals surface area contributed by atoms with Crippen molar-refractivity contribution in [2.45, 2.75) is 13.5 Å². The summed E-state index contributed by atoms with van der Waals surface area (Å²) in [5.41, 5.74) is 3.18. The summed E-state index contributed by atoms with van der Waals surface area (Å²) in [4.78, 5) is 0. The van der Waals surface area contributed by atoms with Crippen molar-refractivity contribution in [1.82, 2.24) is 0 Å². The molecule has 0 fully saturated rings. The van der Waals surface area contributed by atoms with E-state index in [1.165, 1.54) is 5.56 Å². The number of rotatable bonds is 5. The Labute approximate surface area is 141 Å². The van der Waals surface area contributed by atoms with Gasteiger partial charge in [0.25, 0.3) is 0 Å². The molecule has 0 unspecified atom stereocenters. The number of nitrogens with one attached hydrogen (secondary N) is 1. The molecule has 0 aliphatic rings. The largest absolute Gasteiger partial charge is 0.495 e. The zero-order valence-electron chi connectivity index (χ0n) is 12.2. The number of benzene rings is 2. The van der Waals surface area contributed by atoms with Gasteiger partial charge in [-0.25, -0.2) is 0 Å². The van der Waals surface area contributed by atoms with E-state index in [4.69, 9.17) is 9.47 Å². The summed E-state index contributed by atoms with van der Waals surface area (Å²) in [7, 11) is 3.35. The second kappa shape index (κ2) is 7.18. The quantitative estimate of drug-likeness (QED) is 0.733. The van der Waals surface area contributed by atoms with Gasteiger partial charge in [-0.15, -0.1) is 0 Å². The van der Waals surface area contributed by atoms with Gasteiger partial charge in [-0.05, 0) is 52.7 Å². The summed E-state index contributed by atoms with van der Waals surface area (Å²) in [5.74, 6) is 1.67. The van der Waals surface area contributed by atoms with Crippen LogP contribution in [0.5, 0.6) is 11.5 Å². The van der Waals surface area contributed by atoms with Crippen molar-refractivity contribution in [3.8, 4) is 11.5 Å². The van der Waals surface area contributed by atoms with Gasteiger partial charge in [0.1, 0.15) is 11.5 Å². The first-order valence-electron chi connectivity index (χ1n) is 6.45. The summed E-state index contributed by atoms with van der Waals surface area (Å²) >= 11 is 7.02. The fourth-order valence-corrected chi connectivity index (χ4v) is 3.58. The Hall–Kier alpha value is -1.20. The van der Waals surface area contributed by atoms with Crippen LogP contribution in [0, 0.1) is 6.92 Å². The smallest absolute Gasteiger partial charge is 0.142 e. The van der Waals surface area contributed by atoms with Gasteiger partial charge in [0.2, 0.25) is 0 Å². The molecule has 0 spiro atoms. The molecular formula is C16H17Br2NO2. The predicted octanol–water partition coefficient (Wildman–Crippen LogP) is 5.15. The highest BCUT2D eigenvalue weighted by molar-refractivity contribution is 9.11. The van der Waals surface area contributed by atoms with Crippen molar-refractivity contribution in [2.24, 2.45) is 0 Å². The number of ether oxygens (including phenoxy) is 2. The number of anilines is 1. The summed E-state index contributed by atoms with van der Waals surface area (Å²) in [6, 6.07) is 10.1. The fraction of sp³-hybridized carbons (Fsp3) is 0.250. The van der Waals surface area contributed by atoms with Crippen LogP contribution in [0.4, 0.5) is 5.69 Å². The van der Waals surface area contributed by atoms with Crippen LogP contribution < -0.4 is 14.8 Å². The van der Waals surface area contributed by atoms with Crippen LogP contribution in [0.15, 0.2) is 39.3 Å². The van der Waals surface area contributed by atoms with Crippen molar-refractivity contribution in [2.75, 3.05) is 19.5 Å². The Morgan fingerprint density at radius 1 is 1.05 bits per heavy atom. The highest BCUT2D eigenvalue weighted by Crippen LogP contribution is 2.34. The molecule has 0 heterocycles. The van der Waals surface area contributed by atoms with E-state index < -0.39 is 0 Å². The molecule has 0 atom stereocenters. The van der Waals surface area contributed by atoms with Crippen LogP contribution in [0.1, 0.15) is 11.1 Å². The van der Waals surface area contributed by atoms with Crippen molar-refractivity contribution in [3.05, 3.63) is 50.4 Å². The van der Waals surface area contributed by atoms with Crippen LogP contribution in [-0.2, 0) is 6.54 Å². The summed E-state index contributed by atoms with van der Waals surface area (Å²) in [5, 5.41) is 3.39. The summed E-state index contributed by atoms with van der Waals surface area (Å²) in [6.45, 7) is 2.68. The molecule has 0 aliphatic carbocycles. The molecular weight excluding hydrogens is 398 g/mol. The van der Waals surface area contributed by atoms with Crippen LogP contribution >= 0.6 is 31.9 Å². The zero-order valence-corrected chi connectivity index (χ0v) is 15.3. The molecule has 21 heavy (non-hydrogen) atoms. The van der Waals surface area contributed by atoms with E-state index in [9.17, 15) is 0 Å². The van der Waals surface area contributed by atoms with E-state index in [1.54, 1.807) is 14.2 Å². The number of hydrogen-bond acceptors (Lipinski definition) is 3. The lowest BCUT2D eigenvalue weighted by Gasteiger charge is -2.15. The Morgan fingerprint density at radius 3 is 2.48 bits per heavy atom. The first kappa shape index (κ1) is 16.2. The lowest BCUT2D eigenvalue weighted by molar-refractivity contribution is 0.407. The van der Waals surface area contributed by atoms with E-state index in [2.05, 4.69) is 43.2 Å². The lowest BCUT2D eigenvalue weighted by atomic mass is 10.1. The van der Waals surface area contributed by atoms with Crippen LogP contribution in [0.3, 0.4) is 0 Å². The predicted molar refractivity (Wildman–Crippen MR) is 93.5 cm³/mol. The maximum atomic E-state index is 5.46. The minimum absolute atomic E-state index is 0.640. The number of hydrogen-bond donors (Lipinski definition) is 1. The second-order valence-corrected chi connectivity index (χ2v) is 6.41. The molecule has 0 aliphatic heterocycles. The summed E-state index contributed by atoms with van der Waals surface area (Å²) in [6.07, 6.45) is 0. The number of aryl methyl sites for hydroxylation is 1. The monoisotopic (exact) mass is 413 g/mol. The maximum Gasteiger partial charge on any atom is 0.142 e.